The minimum absolute atomic E-state index is 0.110. The molecule has 2 rings (SSSR count). The van der Waals surface area contributed by atoms with Crippen LogP contribution in [0.25, 0.3) is 0 Å². The molecule has 0 atom stereocenters. The minimum atomic E-state index is -0.346. The van der Waals surface area contributed by atoms with E-state index in [1.807, 2.05) is 24.3 Å². The molecule has 0 aromatic heterocycles. The van der Waals surface area contributed by atoms with Gasteiger partial charge in [-0.05, 0) is 30.3 Å². The first kappa shape index (κ1) is 15.5. The molecule has 0 fully saturated rings. The topological polar surface area (TPSA) is 50.7 Å². The zero-order valence-electron chi connectivity index (χ0n) is 10.9. The molecule has 1 amide bonds. The number of carbonyl (C=O) groups is 1. The number of carbonyl (C=O) groups excluding carboxylic acids is 1. The van der Waals surface area contributed by atoms with Crippen LogP contribution in [0.15, 0.2) is 58.1 Å². The largest absolute Gasteiger partial charge is 0.484 e. The lowest BCUT2D eigenvalue weighted by molar-refractivity contribution is -0.123. The number of nitrogens with zero attached hydrogens (tertiary/aromatic N) is 1. The summed E-state index contributed by atoms with van der Waals surface area (Å²) < 4.78 is 6.26. The third-order valence-corrected chi connectivity index (χ3v) is 3.35. The van der Waals surface area contributed by atoms with E-state index in [-0.39, 0.29) is 12.5 Å². The molecule has 108 valence electrons. The van der Waals surface area contributed by atoms with Crippen molar-refractivity contribution in [3.8, 4) is 5.75 Å². The van der Waals surface area contributed by atoms with Crippen molar-refractivity contribution in [1.29, 1.82) is 0 Å². The molecule has 0 radical (unpaired) electrons. The Bertz CT molecular complexity index is 644. The van der Waals surface area contributed by atoms with Crippen molar-refractivity contribution >= 4 is 39.7 Å². The predicted molar refractivity (Wildman–Crippen MR) is 86.8 cm³/mol. The second-order valence-electron chi connectivity index (χ2n) is 4.06. The van der Waals surface area contributed by atoms with Gasteiger partial charge >= 0.3 is 0 Å². The summed E-state index contributed by atoms with van der Waals surface area (Å²) in [4.78, 5) is 11.6. The Kier molecular flexibility index (Phi) is 5.78. The highest BCUT2D eigenvalue weighted by Gasteiger charge is 2.01. The highest BCUT2D eigenvalue weighted by Crippen LogP contribution is 2.15. The Morgan fingerprint density at radius 2 is 1.95 bits per heavy atom. The van der Waals surface area contributed by atoms with Gasteiger partial charge in [-0.3, -0.25) is 4.79 Å². The summed E-state index contributed by atoms with van der Waals surface area (Å²) in [7, 11) is 0. The molecule has 0 saturated carbocycles. The molecular formula is C15H12BrClN2O2. The molecule has 0 spiro atoms. The molecular weight excluding hydrogens is 356 g/mol. The van der Waals surface area contributed by atoms with Crippen molar-refractivity contribution in [3.63, 3.8) is 0 Å². The molecule has 1 N–H and O–H groups in total. The van der Waals surface area contributed by atoms with Crippen LogP contribution in [-0.4, -0.2) is 18.7 Å². The summed E-state index contributed by atoms with van der Waals surface area (Å²) in [5.74, 6) is 0.268. The predicted octanol–water partition coefficient (Wildman–Crippen LogP) is 3.63. The molecule has 0 aliphatic carbocycles. The van der Waals surface area contributed by atoms with E-state index in [4.69, 9.17) is 16.3 Å². The summed E-state index contributed by atoms with van der Waals surface area (Å²) >= 11 is 9.28. The Morgan fingerprint density at radius 1 is 1.24 bits per heavy atom. The van der Waals surface area contributed by atoms with E-state index < -0.39 is 0 Å². The van der Waals surface area contributed by atoms with E-state index in [0.29, 0.717) is 10.8 Å². The van der Waals surface area contributed by atoms with Gasteiger partial charge in [0.2, 0.25) is 0 Å². The average Bonchev–Trinajstić information content (AvgIpc) is 2.49. The van der Waals surface area contributed by atoms with Gasteiger partial charge in [-0.2, -0.15) is 5.10 Å². The van der Waals surface area contributed by atoms with Crippen molar-refractivity contribution in [1.82, 2.24) is 5.43 Å². The average molecular weight is 368 g/mol. The van der Waals surface area contributed by atoms with Crippen LogP contribution in [0.3, 0.4) is 0 Å². The lowest BCUT2D eigenvalue weighted by atomic mass is 10.2. The van der Waals surface area contributed by atoms with Crippen molar-refractivity contribution in [2.75, 3.05) is 6.61 Å². The van der Waals surface area contributed by atoms with Crippen LogP contribution in [0.1, 0.15) is 5.56 Å². The van der Waals surface area contributed by atoms with Gasteiger partial charge in [0, 0.05) is 15.1 Å². The Labute approximate surface area is 135 Å². The molecule has 0 saturated heterocycles. The number of benzene rings is 2. The maximum absolute atomic E-state index is 11.6. The monoisotopic (exact) mass is 366 g/mol. The zero-order chi connectivity index (χ0) is 15.1. The first-order valence-electron chi connectivity index (χ1n) is 6.10. The number of rotatable bonds is 5. The van der Waals surface area contributed by atoms with Gasteiger partial charge in [0.25, 0.3) is 5.91 Å². The van der Waals surface area contributed by atoms with Gasteiger partial charge in [0.1, 0.15) is 5.75 Å². The Balaban J connectivity index is 1.80. The number of hydrazone groups is 1. The van der Waals surface area contributed by atoms with Crippen LogP contribution >= 0.6 is 27.5 Å². The maximum Gasteiger partial charge on any atom is 0.277 e. The SMILES string of the molecule is O=C(COc1ccc(Br)cc1)NN=Cc1ccccc1Cl. The van der Waals surface area contributed by atoms with Crippen molar-refractivity contribution < 1.29 is 9.53 Å². The van der Waals surface area contributed by atoms with E-state index in [9.17, 15) is 4.79 Å². The fraction of sp³-hybridized carbons (Fsp3) is 0.0667. The van der Waals surface area contributed by atoms with E-state index in [1.54, 1.807) is 24.3 Å². The number of halogens is 2. The van der Waals surface area contributed by atoms with Gasteiger partial charge < -0.3 is 4.74 Å². The van der Waals surface area contributed by atoms with E-state index in [0.717, 1.165) is 10.0 Å². The van der Waals surface area contributed by atoms with Gasteiger partial charge in [0.15, 0.2) is 6.61 Å². The van der Waals surface area contributed by atoms with Crippen molar-refractivity contribution in [3.05, 3.63) is 63.6 Å². The molecule has 21 heavy (non-hydrogen) atoms. The van der Waals surface area contributed by atoms with Crippen LogP contribution in [0, 0.1) is 0 Å². The first-order valence-corrected chi connectivity index (χ1v) is 7.27. The summed E-state index contributed by atoms with van der Waals surface area (Å²) in [6.07, 6.45) is 1.49. The summed E-state index contributed by atoms with van der Waals surface area (Å²) in [6.45, 7) is -0.110. The van der Waals surface area contributed by atoms with Gasteiger partial charge in [0.05, 0.1) is 6.21 Å². The van der Waals surface area contributed by atoms with Crippen LogP contribution in [0.4, 0.5) is 0 Å². The third kappa shape index (κ3) is 5.21. The van der Waals surface area contributed by atoms with Crippen LogP contribution in [-0.2, 0) is 4.79 Å². The molecule has 0 bridgehead atoms. The van der Waals surface area contributed by atoms with Crippen LogP contribution in [0.5, 0.6) is 5.75 Å². The fourth-order valence-electron chi connectivity index (χ4n) is 1.47. The number of ether oxygens (including phenoxy) is 1. The molecule has 2 aromatic carbocycles. The zero-order valence-corrected chi connectivity index (χ0v) is 13.3. The lowest BCUT2D eigenvalue weighted by Crippen LogP contribution is -2.24. The highest BCUT2D eigenvalue weighted by atomic mass is 79.9. The van der Waals surface area contributed by atoms with Crippen LogP contribution in [0.2, 0.25) is 5.02 Å². The van der Waals surface area contributed by atoms with Gasteiger partial charge in [-0.15, -0.1) is 0 Å². The first-order chi connectivity index (χ1) is 10.1. The molecule has 2 aromatic rings. The Morgan fingerprint density at radius 3 is 2.67 bits per heavy atom. The summed E-state index contributed by atoms with van der Waals surface area (Å²) in [6, 6.07) is 14.4. The van der Waals surface area contributed by atoms with Crippen molar-refractivity contribution in [2.24, 2.45) is 5.10 Å². The molecule has 0 aliphatic rings. The van der Waals surface area contributed by atoms with Gasteiger partial charge in [-0.25, -0.2) is 5.43 Å². The lowest BCUT2D eigenvalue weighted by Gasteiger charge is -2.04. The smallest absolute Gasteiger partial charge is 0.277 e. The summed E-state index contributed by atoms with van der Waals surface area (Å²) in [5.41, 5.74) is 3.11. The number of hydrogen-bond donors (Lipinski definition) is 1. The van der Waals surface area contributed by atoms with E-state index in [1.165, 1.54) is 6.21 Å². The van der Waals surface area contributed by atoms with E-state index in [2.05, 4.69) is 26.5 Å². The quantitative estimate of drug-likeness (QED) is 0.648. The molecule has 6 heteroatoms. The summed E-state index contributed by atoms with van der Waals surface area (Å²) in [5, 5.41) is 4.40. The highest BCUT2D eigenvalue weighted by molar-refractivity contribution is 9.10. The second-order valence-corrected chi connectivity index (χ2v) is 5.38. The Hall–Kier alpha value is -1.85. The van der Waals surface area contributed by atoms with Crippen LogP contribution < -0.4 is 10.2 Å². The van der Waals surface area contributed by atoms with Gasteiger partial charge in [-0.1, -0.05) is 45.7 Å². The number of amides is 1. The molecule has 0 aliphatic heterocycles. The molecule has 4 nitrogen and oxygen atoms in total. The third-order valence-electron chi connectivity index (χ3n) is 2.48. The van der Waals surface area contributed by atoms with E-state index >= 15 is 0 Å². The van der Waals surface area contributed by atoms with Crippen molar-refractivity contribution in [2.45, 2.75) is 0 Å². The number of nitrogens with one attached hydrogen (secondary N) is 1. The molecule has 0 heterocycles. The number of hydrogen-bond acceptors (Lipinski definition) is 3. The minimum Gasteiger partial charge on any atom is -0.484 e. The normalized spacial score (nSPS) is 10.6. The maximum atomic E-state index is 11.6. The second kappa shape index (κ2) is 7.81. The molecule has 0 unspecified atom stereocenters. The standard InChI is InChI=1S/C15H12BrClN2O2/c16-12-5-7-13(8-6-12)21-10-15(20)19-18-9-11-3-1-2-4-14(11)17/h1-9H,10H2,(H,19,20). The fourth-order valence-corrected chi connectivity index (χ4v) is 1.91.